The van der Waals surface area contributed by atoms with Gasteiger partial charge in [-0.05, 0) is 30.6 Å². The van der Waals surface area contributed by atoms with Crippen molar-refractivity contribution in [3.63, 3.8) is 0 Å². The number of carbonyl (C=O) groups excluding carboxylic acids is 2. The van der Waals surface area contributed by atoms with Crippen molar-refractivity contribution >= 4 is 11.8 Å². The van der Waals surface area contributed by atoms with E-state index >= 15 is 0 Å². The third kappa shape index (κ3) is 2.02. The molecule has 3 heteroatoms. The van der Waals surface area contributed by atoms with Gasteiger partial charge in [0.25, 0.3) is 0 Å². The predicted molar refractivity (Wildman–Crippen MR) is 77.7 cm³/mol. The van der Waals surface area contributed by atoms with Crippen LogP contribution in [0.2, 0.25) is 0 Å². The van der Waals surface area contributed by atoms with Crippen molar-refractivity contribution in [2.24, 2.45) is 29.6 Å². The summed E-state index contributed by atoms with van der Waals surface area (Å²) in [6.45, 7) is 5.00. The van der Waals surface area contributed by atoms with E-state index in [1.807, 2.05) is 0 Å². The van der Waals surface area contributed by atoms with Gasteiger partial charge in [-0.2, -0.15) is 0 Å². The number of nitrogens with zero attached hydrogens (tertiary/aromatic N) is 1. The summed E-state index contributed by atoms with van der Waals surface area (Å²) in [5.74, 6) is 1.33. The van der Waals surface area contributed by atoms with Gasteiger partial charge in [-0.1, -0.05) is 45.3 Å². The van der Waals surface area contributed by atoms with E-state index in [9.17, 15) is 9.59 Å². The molecule has 110 valence electrons. The zero-order valence-electron chi connectivity index (χ0n) is 12.5. The van der Waals surface area contributed by atoms with Gasteiger partial charge < -0.3 is 0 Å². The molecule has 1 saturated heterocycles. The minimum Gasteiger partial charge on any atom is -0.282 e. The second-order valence-electron chi connectivity index (χ2n) is 6.70. The van der Waals surface area contributed by atoms with Gasteiger partial charge in [0.1, 0.15) is 0 Å². The Morgan fingerprint density at radius 3 is 2.25 bits per heavy atom. The maximum atomic E-state index is 12.6. The molecule has 2 aliphatic carbocycles. The van der Waals surface area contributed by atoms with Gasteiger partial charge in [-0.15, -0.1) is 0 Å². The smallest absolute Gasteiger partial charge is 0.233 e. The summed E-state index contributed by atoms with van der Waals surface area (Å²) < 4.78 is 0. The highest BCUT2D eigenvalue weighted by atomic mass is 16.2. The van der Waals surface area contributed by atoms with Crippen molar-refractivity contribution in [2.45, 2.75) is 46.0 Å². The van der Waals surface area contributed by atoms with E-state index in [0.717, 1.165) is 19.3 Å². The van der Waals surface area contributed by atoms with E-state index in [1.165, 1.54) is 12.8 Å². The first kappa shape index (κ1) is 13.8. The molecule has 0 N–H and O–H groups in total. The lowest BCUT2D eigenvalue weighted by Gasteiger charge is -2.23. The Balaban J connectivity index is 1.70. The Kier molecular flexibility index (Phi) is 3.70. The molecule has 0 aromatic heterocycles. The molecule has 0 aromatic carbocycles. The van der Waals surface area contributed by atoms with Gasteiger partial charge in [0.2, 0.25) is 11.8 Å². The Bertz CT molecular complexity index is 412. The largest absolute Gasteiger partial charge is 0.282 e. The number of rotatable bonds is 6. The molecule has 1 heterocycles. The van der Waals surface area contributed by atoms with Gasteiger partial charge in [0, 0.05) is 6.54 Å². The quantitative estimate of drug-likeness (QED) is 0.552. The van der Waals surface area contributed by atoms with Crippen molar-refractivity contribution in [2.75, 3.05) is 6.54 Å². The van der Waals surface area contributed by atoms with Crippen LogP contribution in [0.25, 0.3) is 0 Å². The minimum absolute atomic E-state index is 0.0267. The monoisotopic (exact) mass is 275 g/mol. The molecule has 0 aromatic rings. The topological polar surface area (TPSA) is 37.4 Å². The van der Waals surface area contributed by atoms with Crippen molar-refractivity contribution in [3.05, 3.63) is 12.2 Å². The Morgan fingerprint density at radius 2 is 1.75 bits per heavy atom. The molecular weight excluding hydrogens is 250 g/mol. The minimum atomic E-state index is -0.0267. The molecule has 2 fully saturated rings. The van der Waals surface area contributed by atoms with Crippen molar-refractivity contribution in [1.82, 2.24) is 4.90 Å². The van der Waals surface area contributed by atoms with E-state index in [2.05, 4.69) is 26.0 Å². The van der Waals surface area contributed by atoms with E-state index in [-0.39, 0.29) is 23.7 Å². The molecule has 5 unspecified atom stereocenters. The SMILES string of the molecule is CCCCC(CC)CN1C(=O)C2C3C=CC(C3)C2C1=O. The lowest BCUT2D eigenvalue weighted by molar-refractivity contribution is -0.141. The number of likely N-dealkylation sites (tertiary alicyclic amines) is 1. The van der Waals surface area contributed by atoms with Crippen LogP contribution in [0.1, 0.15) is 46.0 Å². The molecular formula is C17H25NO2. The highest BCUT2D eigenvalue weighted by Crippen LogP contribution is 2.52. The third-order valence-electron chi connectivity index (χ3n) is 5.55. The van der Waals surface area contributed by atoms with Crippen LogP contribution in [0, 0.1) is 29.6 Å². The summed E-state index contributed by atoms with van der Waals surface area (Å²) in [6.07, 6.45) is 9.89. The molecule has 1 saturated carbocycles. The second kappa shape index (κ2) is 5.34. The van der Waals surface area contributed by atoms with Crippen LogP contribution in [0.5, 0.6) is 0 Å². The number of allylic oxidation sites excluding steroid dienone is 2. The summed E-state index contributed by atoms with van der Waals surface area (Å²) in [6, 6.07) is 0. The number of hydrogen-bond donors (Lipinski definition) is 0. The maximum absolute atomic E-state index is 12.6. The van der Waals surface area contributed by atoms with Gasteiger partial charge in [-0.25, -0.2) is 0 Å². The van der Waals surface area contributed by atoms with Crippen LogP contribution in [-0.4, -0.2) is 23.3 Å². The zero-order chi connectivity index (χ0) is 14.3. The van der Waals surface area contributed by atoms with Crippen molar-refractivity contribution < 1.29 is 9.59 Å². The number of carbonyl (C=O) groups is 2. The lowest BCUT2D eigenvalue weighted by Crippen LogP contribution is -2.37. The number of amides is 2. The third-order valence-corrected chi connectivity index (χ3v) is 5.55. The number of fused-ring (bicyclic) bond motifs is 5. The summed E-state index contributed by atoms with van der Waals surface area (Å²) in [4.78, 5) is 26.8. The molecule has 1 aliphatic heterocycles. The van der Waals surface area contributed by atoms with Crippen molar-refractivity contribution in [1.29, 1.82) is 0 Å². The highest BCUT2D eigenvalue weighted by Gasteiger charge is 2.59. The summed E-state index contributed by atoms with van der Waals surface area (Å²) >= 11 is 0. The normalized spacial score (nSPS) is 36.0. The van der Waals surface area contributed by atoms with Crippen LogP contribution < -0.4 is 0 Å². The van der Waals surface area contributed by atoms with Crippen LogP contribution in [0.15, 0.2) is 12.2 Å². The molecule has 2 amide bonds. The van der Waals surface area contributed by atoms with Gasteiger partial charge in [0.05, 0.1) is 11.8 Å². The molecule has 3 nitrogen and oxygen atoms in total. The van der Waals surface area contributed by atoms with E-state index in [1.54, 1.807) is 4.90 Å². The highest BCUT2D eigenvalue weighted by molar-refractivity contribution is 6.06. The summed E-state index contributed by atoms with van der Waals surface area (Å²) in [5.41, 5.74) is 0. The van der Waals surface area contributed by atoms with Crippen LogP contribution >= 0.6 is 0 Å². The molecule has 2 bridgehead atoms. The molecule has 3 aliphatic rings. The zero-order valence-corrected chi connectivity index (χ0v) is 12.5. The lowest BCUT2D eigenvalue weighted by atomic mass is 9.85. The van der Waals surface area contributed by atoms with Crippen LogP contribution in [0.4, 0.5) is 0 Å². The number of hydrogen-bond acceptors (Lipinski definition) is 2. The van der Waals surface area contributed by atoms with Crippen LogP contribution in [-0.2, 0) is 9.59 Å². The fourth-order valence-corrected chi connectivity index (χ4v) is 4.32. The van der Waals surface area contributed by atoms with Gasteiger partial charge in [0.15, 0.2) is 0 Å². The second-order valence-corrected chi connectivity index (χ2v) is 6.70. The maximum Gasteiger partial charge on any atom is 0.233 e. The molecule has 0 radical (unpaired) electrons. The summed E-state index contributed by atoms with van der Waals surface area (Å²) in [5, 5.41) is 0. The molecule has 3 rings (SSSR count). The first-order chi connectivity index (χ1) is 9.67. The molecule has 5 atom stereocenters. The number of imide groups is 1. The number of unbranched alkanes of at least 4 members (excludes halogenated alkanes) is 1. The predicted octanol–water partition coefficient (Wildman–Crippen LogP) is 3.01. The van der Waals surface area contributed by atoms with E-state index in [0.29, 0.717) is 24.3 Å². The van der Waals surface area contributed by atoms with E-state index in [4.69, 9.17) is 0 Å². The first-order valence-electron chi connectivity index (χ1n) is 8.20. The average Bonchev–Trinajstić information content (AvgIpc) is 3.12. The van der Waals surface area contributed by atoms with Crippen LogP contribution in [0.3, 0.4) is 0 Å². The standard InChI is InChI=1S/C17H25NO2/c1-3-5-6-11(4-2)10-18-16(19)14-12-7-8-13(9-12)15(14)17(18)20/h7-8,11-15H,3-6,9-10H2,1-2H3. The Labute approximate surface area is 121 Å². The Hall–Kier alpha value is -1.12. The average molecular weight is 275 g/mol. The van der Waals surface area contributed by atoms with Crippen molar-refractivity contribution in [3.8, 4) is 0 Å². The first-order valence-corrected chi connectivity index (χ1v) is 8.20. The van der Waals surface area contributed by atoms with E-state index < -0.39 is 0 Å². The van der Waals surface area contributed by atoms with Gasteiger partial charge in [-0.3, -0.25) is 14.5 Å². The molecule has 20 heavy (non-hydrogen) atoms. The Morgan fingerprint density at radius 1 is 1.15 bits per heavy atom. The van der Waals surface area contributed by atoms with Gasteiger partial charge >= 0.3 is 0 Å². The summed E-state index contributed by atoms with van der Waals surface area (Å²) in [7, 11) is 0. The fourth-order valence-electron chi connectivity index (χ4n) is 4.32. The fraction of sp³-hybridized carbons (Fsp3) is 0.765. The molecule has 0 spiro atoms.